The van der Waals surface area contributed by atoms with E-state index in [9.17, 15) is 4.79 Å². The maximum Gasteiger partial charge on any atom is 0.200 e. The Kier molecular flexibility index (Phi) is 4.58. The first-order valence-corrected chi connectivity index (χ1v) is 8.07. The Labute approximate surface area is 136 Å². The van der Waals surface area contributed by atoms with Crippen molar-refractivity contribution in [3.05, 3.63) is 70.6 Å². The molecule has 0 bridgehead atoms. The van der Waals surface area contributed by atoms with Crippen LogP contribution in [0, 0.1) is 0 Å². The summed E-state index contributed by atoms with van der Waals surface area (Å²) >= 11 is 0. The second kappa shape index (κ2) is 6.80. The van der Waals surface area contributed by atoms with Crippen LogP contribution in [0.3, 0.4) is 0 Å². The van der Waals surface area contributed by atoms with Crippen molar-refractivity contribution in [3.8, 4) is 11.1 Å². The lowest BCUT2D eigenvalue weighted by atomic mass is 10.0. The molecule has 0 spiro atoms. The molecule has 118 valence electrons. The average molecular weight is 307 g/mol. The predicted molar refractivity (Wildman–Crippen MR) is 94.5 cm³/mol. The quantitative estimate of drug-likeness (QED) is 0.704. The molecule has 3 rings (SSSR count). The minimum absolute atomic E-state index is 0.0419. The van der Waals surface area contributed by atoms with E-state index in [-0.39, 0.29) is 5.43 Å². The topological polar surface area (TPSA) is 33.5 Å². The third-order valence-corrected chi connectivity index (χ3v) is 4.19. The summed E-state index contributed by atoms with van der Waals surface area (Å²) in [7, 11) is 0. The molecule has 23 heavy (non-hydrogen) atoms. The summed E-state index contributed by atoms with van der Waals surface area (Å²) in [4.78, 5) is 15.3. The van der Waals surface area contributed by atoms with Gasteiger partial charge in [-0.3, -0.25) is 9.69 Å². The van der Waals surface area contributed by atoms with E-state index >= 15 is 0 Å². The van der Waals surface area contributed by atoms with Crippen molar-refractivity contribution in [2.24, 2.45) is 0 Å². The Morgan fingerprint density at radius 1 is 0.913 bits per heavy atom. The minimum Gasteiger partial charge on any atom is -0.459 e. The molecule has 0 amide bonds. The fraction of sp³-hybridized carbons (Fsp3) is 0.250. The maximum atomic E-state index is 13.0. The first-order chi connectivity index (χ1) is 11.2. The first-order valence-electron chi connectivity index (χ1n) is 8.07. The predicted octanol–water partition coefficient (Wildman–Crippen LogP) is 4.30. The van der Waals surface area contributed by atoms with E-state index in [1.54, 1.807) is 0 Å². The highest BCUT2D eigenvalue weighted by atomic mass is 16.3. The SMILES string of the molecule is CCN(CC)Cc1oc2ccccc2c(=O)c1-c1ccccc1. The van der Waals surface area contributed by atoms with Gasteiger partial charge in [0.15, 0.2) is 0 Å². The van der Waals surface area contributed by atoms with Gasteiger partial charge in [0.25, 0.3) is 0 Å². The summed E-state index contributed by atoms with van der Waals surface area (Å²) in [6, 6.07) is 17.2. The zero-order chi connectivity index (χ0) is 16.2. The Hall–Kier alpha value is -2.39. The maximum absolute atomic E-state index is 13.0. The Balaban J connectivity index is 2.25. The highest BCUT2D eigenvalue weighted by Gasteiger charge is 2.17. The third kappa shape index (κ3) is 3.06. The standard InChI is InChI=1S/C20H21NO2/c1-3-21(4-2)14-18-19(15-10-6-5-7-11-15)20(22)16-12-8-9-13-17(16)23-18/h5-13H,3-4,14H2,1-2H3. The van der Waals surface area contributed by atoms with Gasteiger partial charge in [-0.25, -0.2) is 0 Å². The highest BCUT2D eigenvalue weighted by molar-refractivity contribution is 5.82. The van der Waals surface area contributed by atoms with Crippen LogP contribution in [0.25, 0.3) is 22.1 Å². The van der Waals surface area contributed by atoms with Gasteiger partial charge < -0.3 is 4.42 Å². The van der Waals surface area contributed by atoms with Crippen molar-refractivity contribution in [2.75, 3.05) is 13.1 Å². The normalized spacial score (nSPS) is 11.3. The van der Waals surface area contributed by atoms with Crippen LogP contribution in [0.5, 0.6) is 0 Å². The van der Waals surface area contributed by atoms with Crippen LogP contribution in [0.15, 0.2) is 63.8 Å². The molecule has 0 aliphatic carbocycles. The van der Waals surface area contributed by atoms with Crippen molar-refractivity contribution in [1.82, 2.24) is 4.90 Å². The molecule has 1 heterocycles. The second-order valence-electron chi connectivity index (χ2n) is 5.55. The molecule has 0 saturated heterocycles. The largest absolute Gasteiger partial charge is 0.459 e. The molecule has 0 unspecified atom stereocenters. The molecule has 3 nitrogen and oxygen atoms in total. The summed E-state index contributed by atoms with van der Waals surface area (Å²) in [5.74, 6) is 0.739. The van der Waals surface area contributed by atoms with Gasteiger partial charge in [0.2, 0.25) is 5.43 Å². The van der Waals surface area contributed by atoms with Crippen LogP contribution in [0.2, 0.25) is 0 Å². The van der Waals surface area contributed by atoms with Gasteiger partial charge in [-0.1, -0.05) is 56.3 Å². The summed E-state index contributed by atoms with van der Waals surface area (Å²) in [5, 5.41) is 0.634. The summed E-state index contributed by atoms with van der Waals surface area (Å²) < 4.78 is 6.12. The summed E-state index contributed by atoms with van der Waals surface area (Å²) in [6.07, 6.45) is 0. The lowest BCUT2D eigenvalue weighted by Gasteiger charge is -2.19. The number of rotatable bonds is 5. The van der Waals surface area contributed by atoms with Gasteiger partial charge in [0.05, 0.1) is 17.5 Å². The van der Waals surface area contributed by atoms with Crippen LogP contribution in [-0.2, 0) is 6.54 Å². The third-order valence-electron chi connectivity index (χ3n) is 4.19. The van der Waals surface area contributed by atoms with E-state index in [0.29, 0.717) is 23.1 Å². The number of fused-ring (bicyclic) bond motifs is 1. The molecule has 0 aliphatic rings. The fourth-order valence-corrected chi connectivity index (χ4v) is 2.85. The van der Waals surface area contributed by atoms with Crippen molar-refractivity contribution < 1.29 is 4.42 Å². The van der Waals surface area contributed by atoms with Crippen LogP contribution in [0.1, 0.15) is 19.6 Å². The molecule has 1 aromatic heterocycles. The Morgan fingerprint density at radius 3 is 2.26 bits per heavy atom. The van der Waals surface area contributed by atoms with E-state index in [4.69, 9.17) is 4.42 Å². The molecular formula is C20H21NO2. The Morgan fingerprint density at radius 2 is 1.57 bits per heavy atom. The van der Waals surface area contributed by atoms with Gasteiger partial charge in [-0.2, -0.15) is 0 Å². The first kappa shape index (κ1) is 15.5. The van der Waals surface area contributed by atoms with E-state index < -0.39 is 0 Å². The highest BCUT2D eigenvalue weighted by Crippen LogP contribution is 2.25. The summed E-state index contributed by atoms with van der Waals surface area (Å²) in [5.41, 5.74) is 2.28. The van der Waals surface area contributed by atoms with Crippen molar-refractivity contribution in [1.29, 1.82) is 0 Å². The molecule has 0 fully saturated rings. The molecule has 3 heteroatoms. The number of benzene rings is 2. The van der Waals surface area contributed by atoms with Crippen molar-refractivity contribution in [3.63, 3.8) is 0 Å². The van der Waals surface area contributed by atoms with E-state index in [2.05, 4.69) is 18.7 Å². The smallest absolute Gasteiger partial charge is 0.200 e. The number of para-hydroxylation sites is 1. The molecule has 0 aliphatic heterocycles. The lowest BCUT2D eigenvalue weighted by Crippen LogP contribution is -2.24. The molecule has 0 N–H and O–H groups in total. The molecule has 0 saturated carbocycles. The monoisotopic (exact) mass is 307 g/mol. The fourth-order valence-electron chi connectivity index (χ4n) is 2.85. The lowest BCUT2D eigenvalue weighted by molar-refractivity contribution is 0.271. The number of hydrogen-bond acceptors (Lipinski definition) is 3. The van der Waals surface area contributed by atoms with Gasteiger partial charge in [0.1, 0.15) is 11.3 Å². The number of hydrogen-bond donors (Lipinski definition) is 0. The Bertz CT molecular complexity index is 848. The average Bonchev–Trinajstić information content (AvgIpc) is 2.60. The van der Waals surface area contributed by atoms with Crippen molar-refractivity contribution in [2.45, 2.75) is 20.4 Å². The molecule has 3 aromatic rings. The van der Waals surface area contributed by atoms with E-state index in [1.165, 1.54) is 0 Å². The second-order valence-corrected chi connectivity index (χ2v) is 5.55. The van der Waals surface area contributed by atoms with Crippen LogP contribution < -0.4 is 5.43 Å². The van der Waals surface area contributed by atoms with Gasteiger partial charge in [-0.15, -0.1) is 0 Å². The number of nitrogens with zero attached hydrogens (tertiary/aromatic N) is 1. The van der Waals surface area contributed by atoms with E-state index in [0.717, 1.165) is 24.4 Å². The van der Waals surface area contributed by atoms with E-state index in [1.807, 2.05) is 54.6 Å². The minimum atomic E-state index is 0.0419. The van der Waals surface area contributed by atoms with Crippen molar-refractivity contribution >= 4 is 11.0 Å². The zero-order valence-corrected chi connectivity index (χ0v) is 13.6. The van der Waals surface area contributed by atoms with Crippen LogP contribution in [-0.4, -0.2) is 18.0 Å². The van der Waals surface area contributed by atoms with Gasteiger partial charge >= 0.3 is 0 Å². The van der Waals surface area contributed by atoms with Crippen LogP contribution >= 0.6 is 0 Å². The van der Waals surface area contributed by atoms with Gasteiger partial charge in [-0.05, 0) is 30.8 Å². The van der Waals surface area contributed by atoms with Gasteiger partial charge in [0, 0.05) is 0 Å². The molecule has 0 radical (unpaired) electrons. The zero-order valence-electron chi connectivity index (χ0n) is 13.6. The molecule has 0 atom stereocenters. The van der Waals surface area contributed by atoms with Crippen LogP contribution in [0.4, 0.5) is 0 Å². The summed E-state index contributed by atoms with van der Waals surface area (Å²) in [6.45, 7) is 6.70. The molecule has 2 aromatic carbocycles. The molecular weight excluding hydrogens is 286 g/mol.